The van der Waals surface area contributed by atoms with E-state index in [1.807, 2.05) is 11.8 Å². The Kier molecular flexibility index (Phi) is 5.65. The number of rotatable bonds is 6. The third-order valence-corrected chi connectivity index (χ3v) is 2.88. The van der Waals surface area contributed by atoms with E-state index < -0.39 is 0 Å². The molecule has 1 unspecified atom stereocenters. The number of hydrogen-bond acceptors (Lipinski definition) is 3. The Hall–Kier alpha value is -0.610. The molecule has 0 aliphatic carbocycles. The van der Waals surface area contributed by atoms with Gasteiger partial charge in [0.15, 0.2) is 0 Å². The highest BCUT2D eigenvalue weighted by Crippen LogP contribution is 2.10. The fraction of sp³-hybridized carbons (Fsp3) is 0.909. The highest BCUT2D eigenvalue weighted by Gasteiger charge is 2.20. The van der Waals surface area contributed by atoms with E-state index in [0.29, 0.717) is 25.6 Å². The molecule has 15 heavy (non-hydrogen) atoms. The topological polar surface area (TPSA) is 41.6 Å². The van der Waals surface area contributed by atoms with Crippen molar-refractivity contribution in [3.05, 3.63) is 0 Å². The van der Waals surface area contributed by atoms with Gasteiger partial charge in [-0.2, -0.15) is 0 Å². The van der Waals surface area contributed by atoms with Crippen molar-refractivity contribution >= 4 is 5.91 Å². The molecule has 0 bridgehead atoms. The SMILES string of the molecule is CCN(CCOC)C(=O)CC1CCCN1. The number of hydrogen-bond donors (Lipinski definition) is 1. The van der Waals surface area contributed by atoms with E-state index >= 15 is 0 Å². The Morgan fingerprint density at radius 2 is 2.40 bits per heavy atom. The zero-order valence-corrected chi connectivity index (χ0v) is 9.79. The molecule has 1 aliphatic rings. The molecule has 1 heterocycles. The van der Waals surface area contributed by atoms with Gasteiger partial charge in [0.05, 0.1) is 6.61 Å². The number of carbonyl (C=O) groups excluding carboxylic acids is 1. The largest absolute Gasteiger partial charge is 0.383 e. The molecule has 1 fully saturated rings. The first-order valence-corrected chi connectivity index (χ1v) is 5.78. The molecule has 1 saturated heterocycles. The second kappa shape index (κ2) is 6.80. The summed E-state index contributed by atoms with van der Waals surface area (Å²) in [7, 11) is 1.66. The predicted octanol–water partition coefficient (Wildman–Crippen LogP) is 0.623. The van der Waals surface area contributed by atoms with Gasteiger partial charge in [-0.25, -0.2) is 0 Å². The molecule has 1 aliphatic heterocycles. The summed E-state index contributed by atoms with van der Waals surface area (Å²) in [5.74, 6) is 0.244. The van der Waals surface area contributed by atoms with Gasteiger partial charge in [-0.1, -0.05) is 0 Å². The van der Waals surface area contributed by atoms with E-state index in [9.17, 15) is 4.79 Å². The van der Waals surface area contributed by atoms with Crippen molar-refractivity contribution in [2.24, 2.45) is 0 Å². The number of carbonyl (C=O) groups is 1. The first kappa shape index (κ1) is 12.5. The third kappa shape index (κ3) is 4.18. The fourth-order valence-electron chi connectivity index (χ4n) is 1.93. The van der Waals surface area contributed by atoms with Crippen molar-refractivity contribution in [2.45, 2.75) is 32.2 Å². The quantitative estimate of drug-likeness (QED) is 0.705. The van der Waals surface area contributed by atoms with Gasteiger partial charge in [0.2, 0.25) is 5.91 Å². The second-order valence-electron chi connectivity index (χ2n) is 3.96. The van der Waals surface area contributed by atoms with Crippen molar-refractivity contribution in [1.29, 1.82) is 0 Å². The smallest absolute Gasteiger partial charge is 0.224 e. The average molecular weight is 214 g/mol. The van der Waals surface area contributed by atoms with Crippen LogP contribution >= 0.6 is 0 Å². The summed E-state index contributed by atoms with van der Waals surface area (Å²) in [5, 5.41) is 3.34. The molecule has 1 atom stereocenters. The summed E-state index contributed by atoms with van der Waals surface area (Å²) in [6.45, 7) is 5.17. The molecular formula is C11H22N2O2. The number of amides is 1. The number of methoxy groups -OCH3 is 1. The van der Waals surface area contributed by atoms with Crippen LogP contribution in [0, 0.1) is 0 Å². The first-order chi connectivity index (χ1) is 7.27. The first-order valence-electron chi connectivity index (χ1n) is 5.78. The molecule has 0 radical (unpaired) electrons. The van der Waals surface area contributed by atoms with Crippen LogP contribution in [0.3, 0.4) is 0 Å². The van der Waals surface area contributed by atoms with Gasteiger partial charge in [-0.15, -0.1) is 0 Å². The van der Waals surface area contributed by atoms with Crippen LogP contribution in [0.15, 0.2) is 0 Å². The van der Waals surface area contributed by atoms with Gasteiger partial charge in [-0.05, 0) is 26.3 Å². The maximum absolute atomic E-state index is 11.9. The Balaban J connectivity index is 2.28. The zero-order chi connectivity index (χ0) is 11.1. The zero-order valence-electron chi connectivity index (χ0n) is 9.79. The Morgan fingerprint density at radius 1 is 1.60 bits per heavy atom. The van der Waals surface area contributed by atoms with Gasteiger partial charge >= 0.3 is 0 Å². The van der Waals surface area contributed by atoms with Crippen molar-refractivity contribution in [2.75, 3.05) is 33.4 Å². The Bertz CT molecular complexity index is 191. The second-order valence-corrected chi connectivity index (χ2v) is 3.96. The molecule has 0 saturated carbocycles. The van der Waals surface area contributed by atoms with E-state index in [1.54, 1.807) is 7.11 Å². The molecule has 4 heteroatoms. The van der Waals surface area contributed by atoms with Crippen LogP contribution in [0.4, 0.5) is 0 Å². The van der Waals surface area contributed by atoms with Gasteiger partial charge in [0.25, 0.3) is 0 Å². The summed E-state index contributed by atoms with van der Waals surface area (Å²) >= 11 is 0. The molecule has 88 valence electrons. The van der Waals surface area contributed by atoms with Crippen LogP contribution in [-0.4, -0.2) is 50.2 Å². The lowest BCUT2D eigenvalue weighted by molar-refractivity contribution is -0.132. The lowest BCUT2D eigenvalue weighted by Gasteiger charge is -2.22. The molecule has 1 amide bonds. The minimum Gasteiger partial charge on any atom is -0.383 e. The summed E-state index contributed by atoms with van der Waals surface area (Å²) in [6, 6.07) is 0.397. The number of nitrogens with zero attached hydrogens (tertiary/aromatic N) is 1. The van der Waals surface area contributed by atoms with E-state index in [2.05, 4.69) is 5.32 Å². The monoisotopic (exact) mass is 214 g/mol. The van der Waals surface area contributed by atoms with Gasteiger partial charge in [0, 0.05) is 32.7 Å². The molecular weight excluding hydrogens is 192 g/mol. The summed E-state index contributed by atoms with van der Waals surface area (Å²) in [4.78, 5) is 13.7. The van der Waals surface area contributed by atoms with Crippen LogP contribution in [0.25, 0.3) is 0 Å². The van der Waals surface area contributed by atoms with Crippen LogP contribution in [0.1, 0.15) is 26.2 Å². The highest BCUT2D eigenvalue weighted by atomic mass is 16.5. The van der Waals surface area contributed by atoms with Crippen molar-refractivity contribution in [3.8, 4) is 0 Å². The molecule has 0 aromatic rings. The van der Waals surface area contributed by atoms with Crippen LogP contribution in [-0.2, 0) is 9.53 Å². The standard InChI is InChI=1S/C11H22N2O2/c1-3-13(7-8-15-2)11(14)9-10-5-4-6-12-10/h10,12H,3-9H2,1-2H3. The lowest BCUT2D eigenvalue weighted by atomic mass is 10.1. The minimum atomic E-state index is 0.244. The molecule has 4 nitrogen and oxygen atoms in total. The molecule has 0 spiro atoms. The maximum Gasteiger partial charge on any atom is 0.224 e. The maximum atomic E-state index is 11.9. The Labute approximate surface area is 92.0 Å². The average Bonchev–Trinajstić information content (AvgIpc) is 2.71. The predicted molar refractivity (Wildman–Crippen MR) is 59.8 cm³/mol. The van der Waals surface area contributed by atoms with Gasteiger partial charge < -0.3 is 15.0 Å². The normalized spacial score (nSPS) is 20.5. The van der Waals surface area contributed by atoms with Crippen molar-refractivity contribution < 1.29 is 9.53 Å². The van der Waals surface area contributed by atoms with E-state index in [4.69, 9.17) is 4.74 Å². The lowest BCUT2D eigenvalue weighted by Crippen LogP contribution is -2.37. The summed E-state index contributed by atoms with van der Waals surface area (Å²) in [5.41, 5.74) is 0. The van der Waals surface area contributed by atoms with Gasteiger partial charge in [-0.3, -0.25) is 4.79 Å². The number of likely N-dealkylation sites (N-methyl/N-ethyl adjacent to an activating group) is 1. The van der Waals surface area contributed by atoms with E-state index in [-0.39, 0.29) is 5.91 Å². The van der Waals surface area contributed by atoms with Crippen molar-refractivity contribution in [1.82, 2.24) is 10.2 Å². The third-order valence-electron chi connectivity index (χ3n) is 2.88. The number of ether oxygens (including phenoxy) is 1. The summed E-state index contributed by atoms with van der Waals surface area (Å²) in [6.07, 6.45) is 2.97. The van der Waals surface area contributed by atoms with Crippen LogP contribution in [0.5, 0.6) is 0 Å². The van der Waals surface area contributed by atoms with Crippen molar-refractivity contribution in [3.63, 3.8) is 0 Å². The van der Waals surface area contributed by atoms with Crippen LogP contribution < -0.4 is 5.32 Å². The van der Waals surface area contributed by atoms with E-state index in [1.165, 1.54) is 6.42 Å². The highest BCUT2D eigenvalue weighted by molar-refractivity contribution is 5.76. The van der Waals surface area contributed by atoms with Crippen LogP contribution in [0.2, 0.25) is 0 Å². The molecule has 0 aromatic carbocycles. The fourth-order valence-corrected chi connectivity index (χ4v) is 1.93. The summed E-state index contributed by atoms with van der Waals surface area (Å²) < 4.78 is 4.98. The van der Waals surface area contributed by atoms with Gasteiger partial charge in [0.1, 0.15) is 0 Å². The molecule has 0 aromatic heterocycles. The molecule has 1 rings (SSSR count). The minimum absolute atomic E-state index is 0.244. The molecule has 1 N–H and O–H groups in total. The Morgan fingerprint density at radius 3 is 2.93 bits per heavy atom. The number of nitrogens with one attached hydrogen (secondary N) is 1. The van der Waals surface area contributed by atoms with E-state index in [0.717, 1.165) is 19.5 Å².